The molecular weight excluding hydrogens is 176 g/mol. The first-order valence-corrected chi connectivity index (χ1v) is 4.76. The first kappa shape index (κ1) is 9.01. The molecule has 1 aromatic heterocycles. The third-order valence-electron chi connectivity index (χ3n) is 2.84. The van der Waals surface area contributed by atoms with Crippen LogP contribution in [0.15, 0.2) is 18.5 Å². The number of rotatable bonds is 4. The monoisotopic (exact) mass is 188 g/mol. The van der Waals surface area contributed by atoms with Crippen LogP contribution in [0.1, 0.15) is 29.6 Å². The topological polar surface area (TPSA) is 45.8 Å². The van der Waals surface area contributed by atoms with Crippen LogP contribution in [0.4, 0.5) is 0 Å². The van der Waals surface area contributed by atoms with Gasteiger partial charge in [0.1, 0.15) is 0 Å². The van der Waals surface area contributed by atoms with Gasteiger partial charge in [-0.15, -0.1) is 0 Å². The lowest BCUT2D eigenvalue weighted by Gasteiger charge is -2.11. The van der Waals surface area contributed by atoms with Crippen LogP contribution in [0.2, 0.25) is 0 Å². The Bertz CT molecular complexity index is 382. The van der Waals surface area contributed by atoms with Crippen molar-refractivity contribution >= 4 is 6.29 Å². The predicted molar refractivity (Wildman–Crippen MR) is 51.7 cm³/mol. The van der Waals surface area contributed by atoms with Crippen LogP contribution in [0.25, 0.3) is 0 Å². The molecule has 2 rings (SSSR count). The van der Waals surface area contributed by atoms with Crippen molar-refractivity contribution in [1.82, 2.24) is 4.57 Å². The maximum Gasteiger partial charge on any atom is 0.151 e. The summed E-state index contributed by atoms with van der Waals surface area (Å²) in [5.41, 5.74) is 0.909. The van der Waals surface area contributed by atoms with Crippen molar-refractivity contribution < 1.29 is 4.79 Å². The summed E-state index contributed by atoms with van der Waals surface area (Å²) in [6, 6.07) is 4.03. The van der Waals surface area contributed by atoms with E-state index < -0.39 is 0 Å². The summed E-state index contributed by atoms with van der Waals surface area (Å²) < 4.78 is 2.01. The third-order valence-corrected chi connectivity index (χ3v) is 2.84. The molecule has 3 nitrogen and oxygen atoms in total. The van der Waals surface area contributed by atoms with E-state index in [1.807, 2.05) is 17.0 Å². The standard InChI is InChI=1S/C11H12N2O/c12-5-4-11(2-3-11)9-13-6-1-10(7-13)8-14/h1,6-8H,2-4,9H2. The lowest BCUT2D eigenvalue weighted by atomic mass is 10.0. The molecule has 0 radical (unpaired) electrons. The van der Waals surface area contributed by atoms with Crippen molar-refractivity contribution in [3.63, 3.8) is 0 Å². The molecule has 0 aliphatic heterocycles. The molecule has 1 aliphatic carbocycles. The summed E-state index contributed by atoms with van der Waals surface area (Å²) in [5, 5.41) is 8.66. The van der Waals surface area contributed by atoms with E-state index in [1.54, 1.807) is 6.07 Å². The summed E-state index contributed by atoms with van der Waals surface area (Å²) in [4.78, 5) is 10.5. The summed E-state index contributed by atoms with van der Waals surface area (Å²) in [6.07, 6.45) is 7.48. The molecule has 0 spiro atoms. The number of hydrogen-bond acceptors (Lipinski definition) is 2. The average Bonchev–Trinajstić information content (AvgIpc) is 2.78. The van der Waals surface area contributed by atoms with Crippen molar-refractivity contribution in [2.75, 3.05) is 0 Å². The summed E-state index contributed by atoms with van der Waals surface area (Å²) >= 11 is 0. The van der Waals surface area contributed by atoms with Crippen LogP contribution in [0, 0.1) is 16.7 Å². The number of carbonyl (C=O) groups excluding carboxylic acids is 1. The number of carbonyl (C=O) groups is 1. The molecule has 72 valence electrons. The SMILES string of the molecule is N#CCC1(Cn2ccc(C=O)c2)CC1. The zero-order chi connectivity index (χ0) is 10.0. The third kappa shape index (κ3) is 1.69. The van der Waals surface area contributed by atoms with E-state index in [-0.39, 0.29) is 5.41 Å². The van der Waals surface area contributed by atoms with Gasteiger partial charge in [0.25, 0.3) is 0 Å². The average molecular weight is 188 g/mol. The van der Waals surface area contributed by atoms with E-state index in [4.69, 9.17) is 5.26 Å². The van der Waals surface area contributed by atoms with E-state index in [0.717, 1.165) is 25.7 Å². The summed E-state index contributed by atoms with van der Waals surface area (Å²) in [7, 11) is 0. The van der Waals surface area contributed by atoms with E-state index in [1.165, 1.54) is 0 Å². The summed E-state index contributed by atoms with van der Waals surface area (Å²) in [6.45, 7) is 0.869. The minimum Gasteiger partial charge on any atom is -0.353 e. The first-order chi connectivity index (χ1) is 6.78. The molecule has 1 saturated carbocycles. The van der Waals surface area contributed by atoms with Crippen LogP contribution in [-0.2, 0) is 6.54 Å². The van der Waals surface area contributed by atoms with Crippen molar-refractivity contribution in [2.24, 2.45) is 5.41 Å². The second-order valence-electron chi connectivity index (χ2n) is 4.07. The minimum absolute atomic E-state index is 0.202. The quantitative estimate of drug-likeness (QED) is 0.678. The molecule has 1 aromatic rings. The first-order valence-electron chi connectivity index (χ1n) is 4.76. The largest absolute Gasteiger partial charge is 0.353 e. The van der Waals surface area contributed by atoms with Crippen LogP contribution >= 0.6 is 0 Å². The Kier molecular flexibility index (Phi) is 2.12. The highest BCUT2D eigenvalue weighted by Gasteiger charge is 2.42. The number of aromatic nitrogens is 1. The van der Waals surface area contributed by atoms with E-state index in [2.05, 4.69) is 6.07 Å². The van der Waals surface area contributed by atoms with Gasteiger partial charge < -0.3 is 4.57 Å². The van der Waals surface area contributed by atoms with Crippen molar-refractivity contribution in [1.29, 1.82) is 5.26 Å². The van der Waals surface area contributed by atoms with Gasteiger partial charge in [-0.2, -0.15) is 5.26 Å². The Hall–Kier alpha value is -1.56. The Morgan fingerprint density at radius 2 is 2.43 bits per heavy atom. The second-order valence-corrected chi connectivity index (χ2v) is 4.07. The zero-order valence-electron chi connectivity index (χ0n) is 7.94. The van der Waals surface area contributed by atoms with Crippen molar-refractivity contribution in [2.45, 2.75) is 25.8 Å². The van der Waals surface area contributed by atoms with Gasteiger partial charge in [-0.3, -0.25) is 4.79 Å². The van der Waals surface area contributed by atoms with Gasteiger partial charge in [-0.05, 0) is 18.9 Å². The van der Waals surface area contributed by atoms with Crippen molar-refractivity contribution in [3.8, 4) is 6.07 Å². The molecule has 0 saturated heterocycles. The van der Waals surface area contributed by atoms with E-state index in [9.17, 15) is 4.79 Å². The van der Waals surface area contributed by atoms with Crippen molar-refractivity contribution in [3.05, 3.63) is 24.0 Å². The molecule has 0 aromatic carbocycles. The van der Waals surface area contributed by atoms with Crippen LogP contribution in [0.3, 0.4) is 0 Å². The van der Waals surface area contributed by atoms with Gasteiger partial charge in [0.05, 0.1) is 6.07 Å². The molecule has 0 unspecified atom stereocenters. The number of nitrogens with zero attached hydrogens (tertiary/aromatic N) is 2. The highest BCUT2D eigenvalue weighted by molar-refractivity contribution is 5.74. The molecule has 1 heterocycles. The molecule has 1 aliphatic rings. The van der Waals surface area contributed by atoms with Gasteiger partial charge >= 0.3 is 0 Å². The number of hydrogen-bond donors (Lipinski definition) is 0. The van der Waals surface area contributed by atoms with E-state index >= 15 is 0 Å². The molecule has 0 bridgehead atoms. The van der Waals surface area contributed by atoms with Crippen LogP contribution < -0.4 is 0 Å². The fourth-order valence-corrected chi connectivity index (χ4v) is 1.75. The molecule has 14 heavy (non-hydrogen) atoms. The normalized spacial score (nSPS) is 17.4. The molecule has 3 heteroatoms. The molecule has 1 fully saturated rings. The Morgan fingerprint density at radius 3 is 2.93 bits per heavy atom. The Labute approximate surface area is 83.0 Å². The zero-order valence-corrected chi connectivity index (χ0v) is 7.94. The maximum absolute atomic E-state index is 10.5. The second kappa shape index (κ2) is 3.30. The lowest BCUT2D eigenvalue weighted by Crippen LogP contribution is -2.09. The minimum atomic E-state index is 0.202. The van der Waals surface area contributed by atoms with Gasteiger partial charge in [-0.1, -0.05) is 0 Å². The van der Waals surface area contributed by atoms with Crippen LogP contribution in [0.5, 0.6) is 0 Å². The number of nitriles is 1. The highest BCUT2D eigenvalue weighted by atomic mass is 16.1. The Morgan fingerprint density at radius 1 is 1.64 bits per heavy atom. The predicted octanol–water partition coefficient (Wildman–Crippen LogP) is 1.99. The van der Waals surface area contributed by atoms with Gasteiger partial charge in [0, 0.05) is 36.3 Å². The number of aldehydes is 1. The molecule has 0 amide bonds. The van der Waals surface area contributed by atoms with Crippen LogP contribution in [-0.4, -0.2) is 10.9 Å². The smallest absolute Gasteiger partial charge is 0.151 e. The highest BCUT2D eigenvalue weighted by Crippen LogP contribution is 2.49. The van der Waals surface area contributed by atoms with Gasteiger partial charge in [-0.25, -0.2) is 0 Å². The summed E-state index contributed by atoms with van der Waals surface area (Å²) in [5.74, 6) is 0. The Balaban J connectivity index is 2.04. The van der Waals surface area contributed by atoms with E-state index in [0.29, 0.717) is 12.0 Å². The molecular formula is C11H12N2O. The fraction of sp³-hybridized carbons (Fsp3) is 0.455. The maximum atomic E-state index is 10.5. The fourth-order valence-electron chi connectivity index (χ4n) is 1.75. The molecule has 0 N–H and O–H groups in total. The van der Waals surface area contributed by atoms with Gasteiger partial charge in [0.2, 0.25) is 0 Å². The molecule has 0 atom stereocenters. The van der Waals surface area contributed by atoms with Gasteiger partial charge in [0.15, 0.2) is 6.29 Å². The lowest BCUT2D eigenvalue weighted by molar-refractivity contribution is 0.112.